The van der Waals surface area contributed by atoms with Gasteiger partial charge in [0.15, 0.2) is 5.13 Å². The molecule has 0 atom stereocenters. The molecule has 0 aliphatic heterocycles. The summed E-state index contributed by atoms with van der Waals surface area (Å²) in [4.78, 5) is 7.10. The summed E-state index contributed by atoms with van der Waals surface area (Å²) in [5.41, 5.74) is 1.14. The van der Waals surface area contributed by atoms with Crippen LogP contribution in [0.25, 0.3) is 0 Å². The lowest BCUT2D eigenvalue weighted by Gasteiger charge is -2.30. The molecule has 0 radical (unpaired) electrons. The van der Waals surface area contributed by atoms with E-state index in [4.69, 9.17) is 9.72 Å². The zero-order valence-electron chi connectivity index (χ0n) is 12.0. The minimum absolute atomic E-state index is 0.689. The zero-order valence-corrected chi connectivity index (χ0v) is 12.8. The minimum atomic E-state index is 0.689. The van der Waals surface area contributed by atoms with Gasteiger partial charge in [-0.2, -0.15) is 0 Å². The van der Waals surface area contributed by atoms with Crippen LogP contribution in [0.5, 0.6) is 0 Å². The summed E-state index contributed by atoms with van der Waals surface area (Å²) in [6.45, 7) is 2.46. The lowest BCUT2D eigenvalue weighted by Crippen LogP contribution is -2.33. The first-order chi connectivity index (χ1) is 9.31. The van der Waals surface area contributed by atoms with Gasteiger partial charge in [0, 0.05) is 38.7 Å². The summed E-state index contributed by atoms with van der Waals surface area (Å²) in [6, 6.07) is 0.689. The fourth-order valence-corrected chi connectivity index (χ4v) is 3.42. The lowest BCUT2D eigenvalue weighted by atomic mass is 9.95. The summed E-state index contributed by atoms with van der Waals surface area (Å²) >= 11 is 1.76. The topological polar surface area (TPSA) is 37.4 Å². The van der Waals surface area contributed by atoms with Crippen LogP contribution in [-0.4, -0.2) is 38.3 Å². The number of methoxy groups -OCH3 is 1. The van der Waals surface area contributed by atoms with Gasteiger partial charge in [0.1, 0.15) is 0 Å². The summed E-state index contributed by atoms with van der Waals surface area (Å²) < 4.78 is 5.01. The Labute approximate surface area is 120 Å². The van der Waals surface area contributed by atoms with Crippen LogP contribution < -0.4 is 10.2 Å². The van der Waals surface area contributed by atoms with Gasteiger partial charge in [-0.15, -0.1) is 11.3 Å². The van der Waals surface area contributed by atoms with Gasteiger partial charge in [-0.05, 0) is 12.8 Å². The van der Waals surface area contributed by atoms with E-state index in [2.05, 4.69) is 22.6 Å². The first-order valence-electron chi connectivity index (χ1n) is 7.18. The fourth-order valence-electron chi connectivity index (χ4n) is 2.55. The molecule has 1 aromatic heterocycles. The number of nitrogens with zero attached hydrogens (tertiary/aromatic N) is 2. The molecular weight excluding hydrogens is 258 g/mol. The first kappa shape index (κ1) is 14.8. The van der Waals surface area contributed by atoms with Crippen molar-refractivity contribution in [2.75, 3.05) is 32.2 Å². The Bertz CT molecular complexity index is 363. The number of thiazole rings is 1. The normalized spacial score (nSPS) is 16.7. The van der Waals surface area contributed by atoms with Gasteiger partial charge >= 0.3 is 0 Å². The third-order valence-electron chi connectivity index (χ3n) is 3.75. The minimum Gasteiger partial charge on any atom is -0.383 e. The van der Waals surface area contributed by atoms with E-state index in [1.165, 1.54) is 32.1 Å². The Morgan fingerprint density at radius 1 is 1.42 bits per heavy atom. The third kappa shape index (κ3) is 4.44. The standard InChI is InChI=1S/C14H25N3OS/c1-17(13-6-4-3-5-7-13)14-16-12(11-19-14)10-15-8-9-18-2/h11,13,15H,3-10H2,1-2H3. The van der Waals surface area contributed by atoms with Crippen LogP contribution in [0.3, 0.4) is 0 Å². The van der Waals surface area contributed by atoms with Crippen LogP contribution in [0.4, 0.5) is 5.13 Å². The second-order valence-electron chi connectivity index (χ2n) is 5.19. The van der Waals surface area contributed by atoms with Gasteiger partial charge in [-0.1, -0.05) is 19.3 Å². The van der Waals surface area contributed by atoms with Gasteiger partial charge in [-0.3, -0.25) is 0 Å². The van der Waals surface area contributed by atoms with E-state index in [1.54, 1.807) is 18.4 Å². The van der Waals surface area contributed by atoms with E-state index in [0.717, 1.165) is 30.5 Å². The highest BCUT2D eigenvalue weighted by molar-refractivity contribution is 7.13. The maximum Gasteiger partial charge on any atom is 0.185 e. The lowest BCUT2D eigenvalue weighted by molar-refractivity contribution is 0.199. The van der Waals surface area contributed by atoms with Gasteiger partial charge < -0.3 is 15.0 Å². The molecule has 0 aromatic carbocycles. The Morgan fingerprint density at radius 3 is 2.95 bits per heavy atom. The van der Waals surface area contributed by atoms with Crippen LogP contribution in [0.15, 0.2) is 5.38 Å². The number of ether oxygens (including phenoxy) is 1. The molecule has 5 heteroatoms. The fraction of sp³-hybridized carbons (Fsp3) is 0.786. The van der Waals surface area contributed by atoms with E-state index in [1.807, 2.05) is 0 Å². The molecule has 1 fully saturated rings. The predicted octanol–water partition coefficient (Wildman–Crippen LogP) is 2.65. The van der Waals surface area contributed by atoms with Crippen molar-refractivity contribution in [3.8, 4) is 0 Å². The molecule has 0 bridgehead atoms. The van der Waals surface area contributed by atoms with E-state index in [9.17, 15) is 0 Å². The van der Waals surface area contributed by atoms with E-state index in [0.29, 0.717) is 6.04 Å². The summed E-state index contributed by atoms with van der Waals surface area (Å²) in [6.07, 6.45) is 6.77. The van der Waals surface area contributed by atoms with Crippen molar-refractivity contribution in [2.24, 2.45) is 0 Å². The van der Waals surface area contributed by atoms with Crippen molar-refractivity contribution in [2.45, 2.75) is 44.7 Å². The molecule has 1 aromatic rings. The molecule has 2 rings (SSSR count). The molecule has 0 unspecified atom stereocenters. The van der Waals surface area contributed by atoms with Crippen molar-refractivity contribution in [1.29, 1.82) is 0 Å². The molecule has 1 saturated carbocycles. The highest BCUT2D eigenvalue weighted by atomic mass is 32.1. The van der Waals surface area contributed by atoms with Crippen molar-refractivity contribution >= 4 is 16.5 Å². The maximum absolute atomic E-state index is 5.01. The first-order valence-corrected chi connectivity index (χ1v) is 8.06. The predicted molar refractivity (Wildman–Crippen MR) is 81.0 cm³/mol. The Hall–Kier alpha value is -0.650. The molecule has 1 heterocycles. The SMILES string of the molecule is COCCNCc1csc(N(C)C2CCCCC2)n1. The van der Waals surface area contributed by atoms with Crippen LogP contribution in [-0.2, 0) is 11.3 Å². The highest BCUT2D eigenvalue weighted by Crippen LogP contribution is 2.28. The molecule has 1 N–H and O–H groups in total. The number of nitrogens with one attached hydrogen (secondary N) is 1. The van der Waals surface area contributed by atoms with Crippen molar-refractivity contribution < 1.29 is 4.74 Å². The molecule has 108 valence electrons. The van der Waals surface area contributed by atoms with Crippen molar-refractivity contribution in [1.82, 2.24) is 10.3 Å². The largest absolute Gasteiger partial charge is 0.383 e. The molecule has 1 aliphatic rings. The number of aromatic nitrogens is 1. The van der Waals surface area contributed by atoms with Gasteiger partial charge in [0.2, 0.25) is 0 Å². The van der Waals surface area contributed by atoms with E-state index >= 15 is 0 Å². The van der Waals surface area contributed by atoms with Gasteiger partial charge in [-0.25, -0.2) is 4.98 Å². The second kappa shape index (κ2) is 7.82. The quantitative estimate of drug-likeness (QED) is 0.781. The zero-order chi connectivity index (χ0) is 13.5. The third-order valence-corrected chi connectivity index (χ3v) is 4.73. The monoisotopic (exact) mass is 283 g/mol. The molecule has 0 saturated heterocycles. The van der Waals surface area contributed by atoms with Crippen molar-refractivity contribution in [3.63, 3.8) is 0 Å². The highest BCUT2D eigenvalue weighted by Gasteiger charge is 2.20. The molecular formula is C14H25N3OS. The van der Waals surface area contributed by atoms with Crippen LogP contribution in [0.2, 0.25) is 0 Å². The molecule has 4 nitrogen and oxygen atoms in total. The Morgan fingerprint density at radius 2 is 2.21 bits per heavy atom. The van der Waals surface area contributed by atoms with Gasteiger partial charge in [0.25, 0.3) is 0 Å². The average molecular weight is 283 g/mol. The summed E-state index contributed by atoms with van der Waals surface area (Å²) in [7, 11) is 3.92. The van der Waals surface area contributed by atoms with E-state index in [-0.39, 0.29) is 0 Å². The number of anilines is 1. The van der Waals surface area contributed by atoms with Crippen LogP contribution >= 0.6 is 11.3 Å². The molecule has 19 heavy (non-hydrogen) atoms. The summed E-state index contributed by atoms with van der Waals surface area (Å²) in [5, 5.41) is 6.66. The number of rotatable bonds is 7. The molecule has 0 spiro atoms. The number of hydrogen-bond donors (Lipinski definition) is 1. The Kier molecular flexibility index (Phi) is 6.07. The van der Waals surface area contributed by atoms with Crippen molar-refractivity contribution in [3.05, 3.63) is 11.1 Å². The smallest absolute Gasteiger partial charge is 0.185 e. The van der Waals surface area contributed by atoms with E-state index < -0.39 is 0 Å². The molecule has 0 amide bonds. The summed E-state index contributed by atoms with van der Waals surface area (Å²) in [5.74, 6) is 0. The maximum atomic E-state index is 5.01. The van der Waals surface area contributed by atoms with Crippen LogP contribution in [0.1, 0.15) is 37.8 Å². The second-order valence-corrected chi connectivity index (χ2v) is 6.03. The molecule has 1 aliphatic carbocycles. The average Bonchev–Trinajstić information content (AvgIpc) is 2.92. The van der Waals surface area contributed by atoms with Gasteiger partial charge in [0.05, 0.1) is 12.3 Å². The number of hydrogen-bond acceptors (Lipinski definition) is 5. The van der Waals surface area contributed by atoms with Crippen LogP contribution in [0, 0.1) is 0 Å². The Balaban J connectivity index is 1.81.